The SMILES string of the molecule is CCOC(=O)c1nn(CC)c2c1CN(C(=O)c1cc(C)nn1C)CC2. The van der Waals surface area contributed by atoms with Crippen molar-refractivity contribution in [2.24, 2.45) is 7.05 Å². The fourth-order valence-corrected chi connectivity index (χ4v) is 3.26. The minimum Gasteiger partial charge on any atom is -0.461 e. The first-order valence-electron chi connectivity index (χ1n) is 8.51. The highest BCUT2D eigenvalue weighted by molar-refractivity contribution is 5.93. The lowest BCUT2D eigenvalue weighted by Gasteiger charge is -2.27. The number of aromatic nitrogens is 4. The van der Waals surface area contributed by atoms with Crippen LogP contribution in [0.15, 0.2) is 6.07 Å². The molecule has 0 atom stereocenters. The second-order valence-corrected chi connectivity index (χ2v) is 6.08. The van der Waals surface area contributed by atoms with E-state index in [4.69, 9.17) is 4.74 Å². The normalized spacial score (nSPS) is 13.7. The molecule has 25 heavy (non-hydrogen) atoms. The van der Waals surface area contributed by atoms with Gasteiger partial charge in [-0.05, 0) is 26.8 Å². The third kappa shape index (κ3) is 3.04. The Labute approximate surface area is 146 Å². The third-order valence-corrected chi connectivity index (χ3v) is 4.41. The summed E-state index contributed by atoms with van der Waals surface area (Å²) in [5, 5.41) is 8.64. The van der Waals surface area contributed by atoms with Crippen molar-refractivity contribution < 1.29 is 14.3 Å². The summed E-state index contributed by atoms with van der Waals surface area (Å²) < 4.78 is 8.55. The number of aryl methyl sites for hydroxylation is 3. The number of carbonyl (C=O) groups is 2. The van der Waals surface area contributed by atoms with Crippen molar-refractivity contribution in [2.75, 3.05) is 13.2 Å². The van der Waals surface area contributed by atoms with Crippen molar-refractivity contribution in [1.82, 2.24) is 24.5 Å². The zero-order chi connectivity index (χ0) is 18.1. The van der Waals surface area contributed by atoms with Crippen molar-refractivity contribution in [2.45, 2.75) is 40.3 Å². The van der Waals surface area contributed by atoms with Gasteiger partial charge in [0.15, 0.2) is 5.69 Å². The molecular weight excluding hydrogens is 322 g/mol. The van der Waals surface area contributed by atoms with Gasteiger partial charge in [-0.15, -0.1) is 0 Å². The van der Waals surface area contributed by atoms with E-state index in [1.807, 2.05) is 18.5 Å². The molecule has 1 aliphatic rings. The van der Waals surface area contributed by atoms with Crippen LogP contribution in [0.3, 0.4) is 0 Å². The molecule has 8 heteroatoms. The maximum atomic E-state index is 12.8. The molecule has 3 heterocycles. The average molecular weight is 345 g/mol. The van der Waals surface area contributed by atoms with Gasteiger partial charge >= 0.3 is 5.97 Å². The van der Waals surface area contributed by atoms with E-state index in [1.54, 1.807) is 29.6 Å². The third-order valence-electron chi connectivity index (χ3n) is 4.41. The van der Waals surface area contributed by atoms with Gasteiger partial charge < -0.3 is 9.64 Å². The van der Waals surface area contributed by atoms with Crippen LogP contribution >= 0.6 is 0 Å². The summed E-state index contributed by atoms with van der Waals surface area (Å²) in [7, 11) is 1.76. The van der Waals surface area contributed by atoms with Crippen LogP contribution in [0, 0.1) is 6.92 Å². The monoisotopic (exact) mass is 345 g/mol. The molecule has 0 aliphatic carbocycles. The predicted molar refractivity (Wildman–Crippen MR) is 90.2 cm³/mol. The minimum atomic E-state index is -0.434. The molecule has 0 fully saturated rings. The minimum absolute atomic E-state index is 0.0900. The van der Waals surface area contributed by atoms with Crippen molar-refractivity contribution in [3.63, 3.8) is 0 Å². The summed E-state index contributed by atoms with van der Waals surface area (Å²) in [5.41, 5.74) is 3.46. The van der Waals surface area contributed by atoms with E-state index in [0.29, 0.717) is 44.0 Å². The Morgan fingerprint density at radius 3 is 2.64 bits per heavy atom. The summed E-state index contributed by atoms with van der Waals surface area (Å²) in [6.45, 7) is 7.52. The maximum Gasteiger partial charge on any atom is 0.359 e. The molecule has 8 nitrogen and oxygen atoms in total. The molecule has 3 rings (SSSR count). The molecule has 0 saturated carbocycles. The molecule has 0 spiro atoms. The van der Waals surface area contributed by atoms with Crippen LogP contribution in [0.5, 0.6) is 0 Å². The molecule has 1 amide bonds. The Morgan fingerprint density at radius 2 is 2.04 bits per heavy atom. The Morgan fingerprint density at radius 1 is 1.28 bits per heavy atom. The standard InChI is InChI=1S/C17H23N5O3/c1-5-22-13-7-8-21(16(23)14-9-11(3)18-20(14)4)10-12(13)15(19-22)17(24)25-6-2/h9H,5-8,10H2,1-4H3. The largest absolute Gasteiger partial charge is 0.461 e. The molecule has 0 aromatic carbocycles. The molecule has 0 bridgehead atoms. The predicted octanol–water partition coefficient (Wildman–Crippen LogP) is 1.32. The fraction of sp³-hybridized carbons (Fsp3) is 0.529. The van der Waals surface area contributed by atoms with E-state index in [1.165, 1.54) is 0 Å². The maximum absolute atomic E-state index is 12.8. The van der Waals surface area contributed by atoms with E-state index in [9.17, 15) is 9.59 Å². The lowest BCUT2D eigenvalue weighted by atomic mass is 10.0. The number of amides is 1. The van der Waals surface area contributed by atoms with Crippen LogP contribution in [0.25, 0.3) is 0 Å². The Kier molecular flexibility index (Phi) is 4.61. The van der Waals surface area contributed by atoms with Crippen LogP contribution < -0.4 is 0 Å². The zero-order valence-corrected chi connectivity index (χ0v) is 15.1. The van der Waals surface area contributed by atoms with E-state index < -0.39 is 5.97 Å². The summed E-state index contributed by atoms with van der Waals surface area (Å²) in [5.74, 6) is -0.524. The fourth-order valence-electron chi connectivity index (χ4n) is 3.26. The van der Waals surface area contributed by atoms with Crippen molar-refractivity contribution in [3.8, 4) is 0 Å². The molecular formula is C17H23N5O3. The van der Waals surface area contributed by atoms with Crippen LogP contribution in [0.1, 0.15) is 51.8 Å². The van der Waals surface area contributed by atoms with E-state index in [0.717, 1.165) is 17.0 Å². The zero-order valence-electron chi connectivity index (χ0n) is 15.1. The smallest absolute Gasteiger partial charge is 0.359 e. The number of ether oxygens (including phenoxy) is 1. The van der Waals surface area contributed by atoms with Gasteiger partial charge in [0.1, 0.15) is 5.69 Å². The first-order chi connectivity index (χ1) is 12.0. The van der Waals surface area contributed by atoms with Gasteiger partial charge in [0, 0.05) is 37.8 Å². The number of fused-ring (bicyclic) bond motifs is 1. The second-order valence-electron chi connectivity index (χ2n) is 6.08. The number of carbonyl (C=O) groups excluding carboxylic acids is 2. The van der Waals surface area contributed by atoms with Crippen molar-refractivity contribution >= 4 is 11.9 Å². The number of rotatable bonds is 4. The molecule has 0 radical (unpaired) electrons. The Balaban J connectivity index is 1.92. The van der Waals surface area contributed by atoms with Gasteiger partial charge in [-0.3, -0.25) is 14.2 Å². The van der Waals surface area contributed by atoms with E-state index in [-0.39, 0.29) is 5.91 Å². The van der Waals surface area contributed by atoms with Crippen LogP contribution in [0.2, 0.25) is 0 Å². The van der Waals surface area contributed by atoms with Crippen molar-refractivity contribution in [1.29, 1.82) is 0 Å². The molecule has 134 valence electrons. The topological polar surface area (TPSA) is 82.2 Å². The first-order valence-corrected chi connectivity index (χ1v) is 8.51. The van der Waals surface area contributed by atoms with Gasteiger partial charge in [0.05, 0.1) is 18.8 Å². The quantitative estimate of drug-likeness (QED) is 0.781. The van der Waals surface area contributed by atoms with Gasteiger partial charge in [-0.25, -0.2) is 4.79 Å². The van der Waals surface area contributed by atoms with Crippen LogP contribution in [-0.4, -0.2) is 49.5 Å². The highest BCUT2D eigenvalue weighted by atomic mass is 16.5. The summed E-state index contributed by atoms with van der Waals surface area (Å²) in [6, 6.07) is 1.78. The summed E-state index contributed by atoms with van der Waals surface area (Å²) in [4.78, 5) is 26.8. The van der Waals surface area contributed by atoms with Crippen molar-refractivity contribution in [3.05, 3.63) is 34.4 Å². The molecule has 0 unspecified atom stereocenters. The second kappa shape index (κ2) is 6.70. The number of nitrogens with zero attached hydrogens (tertiary/aromatic N) is 5. The van der Waals surface area contributed by atoms with Gasteiger partial charge in [0.25, 0.3) is 5.91 Å². The average Bonchev–Trinajstić information content (AvgIpc) is 3.13. The van der Waals surface area contributed by atoms with Crippen LogP contribution in [-0.2, 0) is 31.3 Å². The summed E-state index contributed by atoms with van der Waals surface area (Å²) in [6.07, 6.45) is 0.665. The summed E-state index contributed by atoms with van der Waals surface area (Å²) >= 11 is 0. The van der Waals surface area contributed by atoms with Gasteiger partial charge in [-0.1, -0.05) is 0 Å². The first kappa shape index (κ1) is 17.2. The van der Waals surface area contributed by atoms with Gasteiger partial charge in [0.2, 0.25) is 0 Å². The van der Waals surface area contributed by atoms with E-state index >= 15 is 0 Å². The highest BCUT2D eigenvalue weighted by Gasteiger charge is 2.31. The molecule has 0 saturated heterocycles. The molecule has 2 aromatic rings. The molecule has 2 aromatic heterocycles. The number of esters is 1. The Bertz CT molecular complexity index is 821. The lowest BCUT2D eigenvalue weighted by Crippen LogP contribution is -2.37. The Hall–Kier alpha value is -2.64. The highest BCUT2D eigenvalue weighted by Crippen LogP contribution is 2.25. The van der Waals surface area contributed by atoms with E-state index in [2.05, 4.69) is 10.2 Å². The number of hydrogen-bond donors (Lipinski definition) is 0. The number of hydrogen-bond acceptors (Lipinski definition) is 5. The molecule has 0 N–H and O–H groups in total. The molecule has 1 aliphatic heterocycles. The lowest BCUT2D eigenvalue weighted by molar-refractivity contribution is 0.0512. The van der Waals surface area contributed by atoms with Crippen LogP contribution in [0.4, 0.5) is 0 Å². The van der Waals surface area contributed by atoms with Gasteiger partial charge in [-0.2, -0.15) is 10.2 Å².